The highest BCUT2D eigenvalue weighted by Gasteiger charge is 2.02. The summed E-state index contributed by atoms with van der Waals surface area (Å²) in [5.74, 6) is 0.903. The standard InChI is InChI=1S/C17H20BrNO/c1-2-20-17-9-8-15(12-16(17)18)13-19-11-10-14-6-4-3-5-7-14/h3-9,12,19H,2,10-11,13H2,1H3. The van der Waals surface area contributed by atoms with Gasteiger partial charge in [-0.05, 0) is 59.1 Å². The average molecular weight is 334 g/mol. The number of hydrogen-bond acceptors (Lipinski definition) is 2. The first-order chi connectivity index (χ1) is 9.79. The molecule has 0 saturated heterocycles. The van der Waals surface area contributed by atoms with Gasteiger partial charge >= 0.3 is 0 Å². The number of hydrogen-bond donors (Lipinski definition) is 1. The van der Waals surface area contributed by atoms with E-state index in [1.54, 1.807) is 0 Å². The van der Waals surface area contributed by atoms with Crippen molar-refractivity contribution >= 4 is 15.9 Å². The first-order valence-electron chi connectivity index (χ1n) is 6.95. The molecule has 1 N–H and O–H groups in total. The largest absolute Gasteiger partial charge is 0.493 e. The fourth-order valence-electron chi connectivity index (χ4n) is 2.04. The van der Waals surface area contributed by atoms with Gasteiger partial charge in [0.05, 0.1) is 11.1 Å². The van der Waals surface area contributed by atoms with Crippen molar-refractivity contribution in [3.63, 3.8) is 0 Å². The Hall–Kier alpha value is -1.32. The second-order valence-electron chi connectivity index (χ2n) is 4.61. The minimum Gasteiger partial charge on any atom is -0.493 e. The van der Waals surface area contributed by atoms with Gasteiger partial charge in [-0.3, -0.25) is 0 Å². The molecule has 0 spiro atoms. The van der Waals surface area contributed by atoms with Crippen LogP contribution in [0, 0.1) is 0 Å². The minimum atomic E-state index is 0.688. The van der Waals surface area contributed by atoms with Crippen molar-refractivity contribution < 1.29 is 4.74 Å². The van der Waals surface area contributed by atoms with Crippen molar-refractivity contribution in [2.75, 3.05) is 13.2 Å². The molecule has 0 heterocycles. The zero-order valence-electron chi connectivity index (χ0n) is 11.7. The van der Waals surface area contributed by atoms with E-state index in [2.05, 4.69) is 57.6 Å². The van der Waals surface area contributed by atoms with Crippen LogP contribution in [0.2, 0.25) is 0 Å². The van der Waals surface area contributed by atoms with E-state index in [4.69, 9.17) is 4.74 Å². The van der Waals surface area contributed by atoms with Crippen molar-refractivity contribution in [1.82, 2.24) is 5.32 Å². The summed E-state index contributed by atoms with van der Waals surface area (Å²) in [6.45, 7) is 4.53. The van der Waals surface area contributed by atoms with Crippen molar-refractivity contribution in [2.45, 2.75) is 19.9 Å². The van der Waals surface area contributed by atoms with Crippen LogP contribution in [0.4, 0.5) is 0 Å². The van der Waals surface area contributed by atoms with Gasteiger partial charge in [-0.25, -0.2) is 0 Å². The molecule has 106 valence electrons. The predicted molar refractivity (Wildman–Crippen MR) is 87.2 cm³/mol. The van der Waals surface area contributed by atoms with Crippen LogP contribution in [-0.4, -0.2) is 13.2 Å². The summed E-state index contributed by atoms with van der Waals surface area (Å²) in [5, 5.41) is 3.47. The van der Waals surface area contributed by atoms with E-state index in [-0.39, 0.29) is 0 Å². The summed E-state index contributed by atoms with van der Waals surface area (Å²) in [7, 11) is 0. The van der Waals surface area contributed by atoms with Gasteiger partial charge in [-0.1, -0.05) is 36.4 Å². The highest BCUT2D eigenvalue weighted by atomic mass is 79.9. The van der Waals surface area contributed by atoms with E-state index in [1.165, 1.54) is 11.1 Å². The minimum absolute atomic E-state index is 0.688. The molecule has 20 heavy (non-hydrogen) atoms. The third-order valence-corrected chi connectivity index (χ3v) is 3.68. The Bertz CT molecular complexity index is 528. The van der Waals surface area contributed by atoms with Crippen LogP contribution in [-0.2, 0) is 13.0 Å². The normalized spacial score (nSPS) is 10.5. The molecule has 0 radical (unpaired) electrons. The predicted octanol–water partition coefficient (Wildman–Crippen LogP) is 4.18. The van der Waals surface area contributed by atoms with E-state index < -0.39 is 0 Å². The van der Waals surface area contributed by atoms with Crippen molar-refractivity contribution in [2.24, 2.45) is 0 Å². The zero-order chi connectivity index (χ0) is 14.2. The Morgan fingerprint density at radius 1 is 1.05 bits per heavy atom. The Morgan fingerprint density at radius 3 is 2.55 bits per heavy atom. The van der Waals surface area contributed by atoms with Gasteiger partial charge in [0.1, 0.15) is 5.75 Å². The lowest BCUT2D eigenvalue weighted by Crippen LogP contribution is -2.16. The molecular formula is C17H20BrNO. The van der Waals surface area contributed by atoms with Gasteiger partial charge < -0.3 is 10.1 Å². The highest BCUT2D eigenvalue weighted by Crippen LogP contribution is 2.25. The van der Waals surface area contributed by atoms with Crippen LogP contribution in [0.25, 0.3) is 0 Å². The molecule has 2 rings (SSSR count). The fourth-order valence-corrected chi connectivity index (χ4v) is 2.58. The van der Waals surface area contributed by atoms with Crippen LogP contribution in [0.15, 0.2) is 53.0 Å². The van der Waals surface area contributed by atoms with Gasteiger partial charge in [0.15, 0.2) is 0 Å². The lowest BCUT2D eigenvalue weighted by molar-refractivity contribution is 0.338. The summed E-state index contributed by atoms with van der Waals surface area (Å²) < 4.78 is 6.52. The molecule has 0 aliphatic carbocycles. The summed E-state index contributed by atoms with van der Waals surface area (Å²) in [4.78, 5) is 0. The lowest BCUT2D eigenvalue weighted by Gasteiger charge is -2.09. The van der Waals surface area contributed by atoms with Crippen LogP contribution in [0.1, 0.15) is 18.1 Å². The molecule has 0 aromatic heterocycles. The molecule has 2 aromatic carbocycles. The van der Waals surface area contributed by atoms with Crippen LogP contribution >= 0.6 is 15.9 Å². The summed E-state index contributed by atoms with van der Waals surface area (Å²) in [6, 6.07) is 16.8. The number of benzene rings is 2. The van der Waals surface area contributed by atoms with Gasteiger partial charge in [0.25, 0.3) is 0 Å². The number of ether oxygens (including phenoxy) is 1. The maximum atomic E-state index is 5.51. The second-order valence-corrected chi connectivity index (χ2v) is 5.46. The third kappa shape index (κ3) is 4.66. The van der Waals surface area contributed by atoms with Crippen molar-refractivity contribution in [3.8, 4) is 5.75 Å². The van der Waals surface area contributed by atoms with E-state index in [1.807, 2.05) is 19.1 Å². The van der Waals surface area contributed by atoms with Crippen LogP contribution in [0.3, 0.4) is 0 Å². The molecule has 0 bridgehead atoms. The molecule has 0 atom stereocenters. The third-order valence-electron chi connectivity index (χ3n) is 3.06. The number of halogens is 1. The van der Waals surface area contributed by atoms with E-state index >= 15 is 0 Å². The molecule has 2 nitrogen and oxygen atoms in total. The van der Waals surface area contributed by atoms with E-state index in [0.717, 1.165) is 29.7 Å². The van der Waals surface area contributed by atoms with Crippen LogP contribution < -0.4 is 10.1 Å². The van der Waals surface area contributed by atoms with Gasteiger partial charge in [-0.15, -0.1) is 0 Å². The topological polar surface area (TPSA) is 21.3 Å². The first kappa shape index (κ1) is 15.1. The number of rotatable bonds is 7. The summed E-state index contributed by atoms with van der Waals surface area (Å²) in [6.07, 6.45) is 1.05. The fraction of sp³-hybridized carbons (Fsp3) is 0.294. The quantitative estimate of drug-likeness (QED) is 0.767. The Morgan fingerprint density at radius 2 is 1.85 bits per heavy atom. The Kier molecular flexibility index (Phi) is 6.09. The van der Waals surface area contributed by atoms with E-state index in [9.17, 15) is 0 Å². The van der Waals surface area contributed by atoms with E-state index in [0.29, 0.717) is 6.61 Å². The van der Waals surface area contributed by atoms with Gasteiger partial charge in [0, 0.05) is 6.54 Å². The molecule has 2 aromatic rings. The van der Waals surface area contributed by atoms with Gasteiger partial charge in [0.2, 0.25) is 0 Å². The summed E-state index contributed by atoms with van der Waals surface area (Å²) >= 11 is 3.54. The molecule has 0 unspecified atom stereocenters. The average Bonchev–Trinajstić information content (AvgIpc) is 2.48. The summed E-state index contributed by atoms with van der Waals surface area (Å²) in [5.41, 5.74) is 2.63. The van der Waals surface area contributed by atoms with Gasteiger partial charge in [-0.2, -0.15) is 0 Å². The molecule has 3 heteroatoms. The Labute approximate surface area is 129 Å². The Balaban J connectivity index is 1.78. The highest BCUT2D eigenvalue weighted by molar-refractivity contribution is 9.10. The first-order valence-corrected chi connectivity index (χ1v) is 7.74. The molecular weight excluding hydrogens is 314 g/mol. The molecule has 0 saturated carbocycles. The molecule has 0 aliphatic heterocycles. The SMILES string of the molecule is CCOc1ccc(CNCCc2ccccc2)cc1Br. The molecule has 0 amide bonds. The molecule has 0 fully saturated rings. The van der Waals surface area contributed by atoms with Crippen molar-refractivity contribution in [3.05, 3.63) is 64.1 Å². The number of nitrogens with one attached hydrogen (secondary N) is 1. The monoisotopic (exact) mass is 333 g/mol. The lowest BCUT2D eigenvalue weighted by atomic mass is 10.1. The molecule has 0 aliphatic rings. The smallest absolute Gasteiger partial charge is 0.133 e. The maximum absolute atomic E-state index is 5.51. The zero-order valence-corrected chi connectivity index (χ0v) is 13.3. The maximum Gasteiger partial charge on any atom is 0.133 e. The second kappa shape index (κ2) is 8.08. The van der Waals surface area contributed by atoms with Crippen molar-refractivity contribution in [1.29, 1.82) is 0 Å². The van der Waals surface area contributed by atoms with Crippen LogP contribution in [0.5, 0.6) is 5.75 Å².